The first kappa shape index (κ1) is 20.0. The number of thioether (sulfide) groups is 1. The van der Waals surface area contributed by atoms with Crippen LogP contribution in [0.5, 0.6) is 0 Å². The average molecular weight is 418 g/mol. The fourth-order valence-electron chi connectivity index (χ4n) is 3.28. The molecule has 0 atom stereocenters. The lowest BCUT2D eigenvalue weighted by molar-refractivity contribution is -0.113. The molecule has 0 saturated carbocycles. The van der Waals surface area contributed by atoms with Crippen LogP contribution in [0, 0.1) is 5.82 Å². The first-order valence-corrected chi connectivity index (χ1v) is 10.7. The Morgan fingerprint density at radius 3 is 2.40 bits per heavy atom. The van der Waals surface area contributed by atoms with E-state index in [9.17, 15) is 9.18 Å². The Morgan fingerprint density at radius 1 is 0.933 bits per heavy atom. The van der Waals surface area contributed by atoms with E-state index in [0.717, 1.165) is 34.0 Å². The van der Waals surface area contributed by atoms with Crippen molar-refractivity contribution in [2.24, 2.45) is 0 Å². The van der Waals surface area contributed by atoms with Gasteiger partial charge in [0.1, 0.15) is 16.5 Å². The van der Waals surface area contributed by atoms with Crippen LogP contribution in [0.1, 0.15) is 12.5 Å². The molecule has 4 nitrogen and oxygen atoms in total. The predicted octanol–water partition coefficient (Wildman–Crippen LogP) is 5.73. The summed E-state index contributed by atoms with van der Waals surface area (Å²) < 4.78 is 13.3. The highest BCUT2D eigenvalue weighted by Gasteiger charge is 2.13. The van der Waals surface area contributed by atoms with E-state index in [1.54, 1.807) is 12.1 Å². The van der Waals surface area contributed by atoms with Crippen molar-refractivity contribution < 1.29 is 9.18 Å². The molecule has 0 aliphatic heterocycles. The Kier molecular flexibility index (Phi) is 6.05. The van der Waals surface area contributed by atoms with Gasteiger partial charge in [-0.3, -0.25) is 4.79 Å². The molecule has 30 heavy (non-hydrogen) atoms. The van der Waals surface area contributed by atoms with Crippen LogP contribution in [0.15, 0.2) is 77.8 Å². The highest BCUT2D eigenvalue weighted by molar-refractivity contribution is 8.00. The summed E-state index contributed by atoms with van der Waals surface area (Å²) in [5.41, 5.74) is 3.43. The van der Waals surface area contributed by atoms with Crippen molar-refractivity contribution in [3.8, 4) is 11.3 Å². The third-order valence-corrected chi connectivity index (χ3v) is 5.76. The lowest BCUT2D eigenvalue weighted by atomic mass is 10.1. The number of nitrogens with zero attached hydrogens (tertiary/aromatic N) is 2. The van der Waals surface area contributed by atoms with E-state index in [1.807, 2.05) is 48.5 Å². The summed E-state index contributed by atoms with van der Waals surface area (Å²) in [6.07, 6.45) is 0.852. The van der Waals surface area contributed by atoms with Gasteiger partial charge in [-0.2, -0.15) is 0 Å². The van der Waals surface area contributed by atoms with E-state index in [2.05, 4.69) is 22.4 Å². The van der Waals surface area contributed by atoms with Gasteiger partial charge in [0.15, 0.2) is 0 Å². The molecule has 6 heteroatoms. The van der Waals surface area contributed by atoms with Gasteiger partial charge in [-0.15, -0.1) is 10.2 Å². The molecule has 0 spiro atoms. The summed E-state index contributed by atoms with van der Waals surface area (Å²) in [5, 5.41) is 14.2. The summed E-state index contributed by atoms with van der Waals surface area (Å²) in [7, 11) is 0. The second-order valence-electron chi connectivity index (χ2n) is 6.75. The molecular formula is C24H20FN3OS. The number of halogens is 1. The molecule has 0 saturated heterocycles. The van der Waals surface area contributed by atoms with Crippen molar-refractivity contribution in [3.63, 3.8) is 0 Å². The number of rotatable bonds is 6. The quantitative estimate of drug-likeness (QED) is 0.407. The van der Waals surface area contributed by atoms with Crippen LogP contribution in [0.4, 0.5) is 10.1 Å². The van der Waals surface area contributed by atoms with E-state index in [-0.39, 0.29) is 17.5 Å². The number of para-hydroxylation sites is 1. The highest BCUT2D eigenvalue weighted by Crippen LogP contribution is 2.31. The molecule has 0 aliphatic carbocycles. The normalized spacial score (nSPS) is 10.9. The number of aromatic nitrogens is 2. The monoisotopic (exact) mass is 417 g/mol. The molecule has 0 unspecified atom stereocenters. The zero-order valence-electron chi connectivity index (χ0n) is 16.4. The summed E-state index contributed by atoms with van der Waals surface area (Å²) in [5.74, 6) is -0.152. The minimum Gasteiger partial charge on any atom is -0.325 e. The van der Waals surface area contributed by atoms with E-state index < -0.39 is 0 Å². The van der Waals surface area contributed by atoms with E-state index in [0.29, 0.717) is 10.7 Å². The van der Waals surface area contributed by atoms with Gasteiger partial charge >= 0.3 is 0 Å². The third-order valence-electron chi connectivity index (χ3n) is 4.78. The van der Waals surface area contributed by atoms with Gasteiger partial charge in [0.05, 0.1) is 5.75 Å². The van der Waals surface area contributed by atoms with E-state index in [4.69, 9.17) is 0 Å². The molecule has 3 aromatic carbocycles. The first-order valence-electron chi connectivity index (χ1n) is 9.67. The zero-order valence-corrected chi connectivity index (χ0v) is 17.2. The second kappa shape index (κ2) is 9.05. The average Bonchev–Trinajstić information content (AvgIpc) is 2.78. The van der Waals surface area contributed by atoms with Crippen molar-refractivity contribution in [1.29, 1.82) is 0 Å². The molecule has 0 bridgehead atoms. The summed E-state index contributed by atoms with van der Waals surface area (Å²) in [6.45, 7) is 2.06. The Labute approximate surface area is 178 Å². The van der Waals surface area contributed by atoms with Crippen molar-refractivity contribution in [2.75, 3.05) is 11.1 Å². The minimum atomic E-state index is -0.293. The molecule has 0 fully saturated rings. The number of benzene rings is 3. The number of hydrogen-bond donors (Lipinski definition) is 1. The number of anilines is 1. The fraction of sp³-hybridized carbons (Fsp3) is 0.125. The molecule has 4 aromatic rings. The number of aryl methyl sites for hydroxylation is 1. The van der Waals surface area contributed by atoms with Crippen LogP contribution >= 0.6 is 11.8 Å². The van der Waals surface area contributed by atoms with E-state index >= 15 is 0 Å². The number of carbonyl (C=O) groups excluding carboxylic acids is 1. The topological polar surface area (TPSA) is 54.9 Å². The van der Waals surface area contributed by atoms with Crippen molar-refractivity contribution in [2.45, 2.75) is 18.4 Å². The van der Waals surface area contributed by atoms with Crippen LogP contribution in [-0.2, 0) is 11.2 Å². The molecule has 1 amide bonds. The molecule has 1 aromatic heterocycles. The maximum atomic E-state index is 13.3. The molecular weight excluding hydrogens is 397 g/mol. The molecule has 1 N–H and O–H groups in total. The third kappa shape index (κ3) is 4.33. The van der Waals surface area contributed by atoms with Crippen LogP contribution in [0.3, 0.4) is 0 Å². The van der Waals surface area contributed by atoms with Crippen LogP contribution in [0.2, 0.25) is 0 Å². The smallest absolute Gasteiger partial charge is 0.234 e. The van der Waals surface area contributed by atoms with Crippen LogP contribution < -0.4 is 5.32 Å². The van der Waals surface area contributed by atoms with E-state index in [1.165, 1.54) is 23.9 Å². The van der Waals surface area contributed by atoms with Gasteiger partial charge in [0, 0.05) is 22.0 Å². The first-order chi connectivity index (χ1) is 14.7. The Balaban J connectivity index is 1.56. The Bertz CT molecular complexity index is 1190. The van der Waals surface area contributed by atoms with Crippen molar-refractivity contribution >= 4 is 34.1 Å². The largest absolute Gasteiger partial charge is 0.325 e. The summed E-state index contributed by atoms with van der Waals surface area (Å²) in [6, 6.07) is 21.8. The van der Waals surface area contributed by atoms with Gasteiger partial charge in [0.25, 0.3) is 0 Å². The lowest BCUT2D eigenvalue weighted by Gasteiger charge is -2.11. The number of fused-ring (bicyclic) bond motifs is 1. The van der Waals surface area contributed by atoms with Crippen molar-refractivity contribution in [3.05, 3.63) is 84.2 Å². The maximum absolute atomic E-state index is 13.3. The molecule has 150 valence electrons. The zero-order chi connectivity index (χ0) is 20.9. The minimum absolute atomic E-state index is 0.0885. The number of amides is 1. The molecule has 1 heterocycles. The second-order valence-corrected chi connectivity index (χ2v) is 7.72. The van der Waals surface area contributed by atoms with Crippen LogP contribution in [0.25, 0.3) is 22.0 Å². The standard InChI is InChI=1S/C24H20FN3OS/c1-2-16-7-3-6-10-21(16)26-22(29)15-30-24-20-9-5-4-8-19(20)23(27-28-24)17-11-13-18(25)14-12-17/h3-14H,2,15H2,1H3,(H,26,29). The Hall–Kier alpha value is -3.25. The number of hydrogen-bond acceptors (Lipinski definition) is 4. The maximum Gasteiger partial charge on any atom is 0.234 e. The van der Waals surface area contributed by atoms with Gasteiger partial charge in [0.2, 0.25) is 5.91 Å². The lowest BCUT2D eigenvalue weighted by Crippen LogP contribution is -2.15. The highest BCUT2D eigenvalue weighted by atomic mass is 32.2. The fourth-order valence-corrected chi connectivity index (χ4v) is 4.05. The van der Waals surface area contributed by atoms with Crippen LogP contribution in [-0.4, -0.2) is 21.9 Å². The molecule has 0 radical (unpaired) electrons. The number of carbonyl (C=O) groups is 1. The van der Waals surface area contributed by atoms with Crippen molar-refractivity contribution in [1.82, 2.24) is 10.2 Å². The Morgan fingerprint density at radius 2 is 1.63 bits per heavy atom. The van der Waals surface area contributed by atoms with Gasteiger partial charge in [-0.05, 0) is 42.3 Å². The molecule has 4 rings (SSSR count). The SMILES string of the molecule is CCc1ccccc1NC(=O)CSc1nnc(-c2ccc(F)cc2)c2ccccc12. The van der Waals surface area contributed by atoms with Gasteiger partial charge < -0.3 is 5.32 Å². The van der Waals surface area contributed by atoms with Gasteiger partial charge in [-0.25, -0.2) is 4.39 Å². The summed E-state index contributed by atoms with van der Waals surface area (Å²) in [4.78, 5) is 12.5. The van der Waals surface area contributed by atoms with Gasteiger partial charge in [-0.1, -0.05) is 61.2 Å². The molecule has 0 aliphatic rings. The predicted molar refractivity (Wildman–Crippen MR) is 120 cm³/mol. The number of nitrogens with one attached hydrogen (secondary N) is 1. The summed E-state index contributed by atoms with van der Waals surface area (Å²) >= 11 is 1.35.